The number of amides is 1. The molecule has 3 aromatic carbocycles. The molecule has 3 heterocycles. The number of halogens is 2. The van der Waals surface area contributed by atoms with Crippen LogP contribution in [0.15, 0.2) is 96.2 Å². The summed E-state index contributed by atoms with van der Waals surface area (Å²) < 4.78 is 2.92. The second-order valence-corrected chi connectivity index (χ2v) is 10.5. The van der Waals surface area contributed by atoms with Crippen molar-refractivity contribution in [2.24, 2.45) is 0 Å². The first kappa shape index (κ1) is 26.0. The fourth-order valence-corrected chi connectivity index (χ4v) is 5.40. The Labute approximate surface area is 240 Å². The van der Waals surface area contributed by atoms with Crippen LogP contribution in [0.4, 0.5) is 0 Å². The minimum Gasteiger partial charge on any atom is -0.336 e. The maximum absolute atomic E-state index is 14.0. The quantitative estimate of drug-likeness (QED) is 0.281. The largest absolute Gasteiger partial charge is 0.336 e. The van der Waals surface area contributed by atoms with Crippen LogP contribution in [0.3, 0.4) is 0 Å². The van der Waals surface area contributed by atoms with Gasteiger partial charge in [-0.15, -0.1) is 5.10 Å². The molecule has 200 valence electrons. The van der Waals surface area contributed by atoms with Crippen molar-refractivity contribution >= 4 is 29.1 Å². The van der Waals surface area contributed by atoms with E-state index in [4.69, 9.17) is 23.2 Å². The van der Waals surface area contributed by atoms with Crippen LogP contribution >= 0.6 is 23.2 Å². The first-order chi connectivity index (χ1) is 19.5. The van der Waals surface area contributed by atoms with Gasteiger partial charge in [-0.3, -0.25) is 14.2 Å². The average Bonchev–Trinajstić information content (AvgIpc) is 3.42. The van der Waals surface area contributed by atoms with Crippen LogP contribution in [0.2, 0.25) is 10.2 Å². The lowest BCUT2D eigenvalue weighted by Crippen LogP contribution is -2.43. The van der Waals surface area contributed by atoms with Crippen molar-refractivity contribution in [3.05, 3.63) is 129 Å². The first-order valence-corrected chi connectivity index (χ1v) is 13.6. The molecular weight excluding hydrogens is 547 g/mol. The van der Waals surface area contributed by atoms with E-state index in [9.17, 15) is 9.59 Å². The second-order valence-electron chi connectivity index (χ2n) is 9.65. The van der Waals surface area contributed by atoms with Gasteiger partial charge < -0.3 is 4.90 Å². The van der Waals surface area contributed by atoms with E-state index in [1.54, 1.807) is 24.4 Å². The highest BCUT2D eigenvalue weighted by Gasteiger charge is 2.30. The minimum atomic E-state index is -0.755. The fourth-order valence-electron chi connectivity index (χ4n) is 5.10. The highest BCUT2D eigenvalue weighted by molar-refractivity contribution is 6.31. The Hall–Kier alpha value is -4.27. The minimum absolute atomic E-state index is 0.115. The molecule has 10 heteroatoms. The second kappa shape index (κ2) is 11.1. The van der Waals surface area contributed by atoms with Crippen LogP contribution in [0.1, 0.15) is 22.7 Å². The fraction of sp³-hybridized carbons (Fsp3) is 0.167. The highest BCUT2D eigenvalue weighted by atomic mass is 35.5. The van der Waals surface area contributed by atoms with Gasteiger partial charge in [-0.2, -0.15) is 0 Å². The third kappa shape index (κ3) is 5.28. The number of hydrogen-bond acceptors (Lipinski definition) is 5. The molecular formula is C30H24Cl2N6O2. The van der Waals surface area contributed by atoms with Gasteiger partial charge in [0.2, 0.25) is 5.91 Å². The van der Waals surface area contributed by atoms with Crippen LogP contribution in [0.25, 0.3) is 16.9 Å². The predicted molar refractivity (Wildman–Crippen MR) is 154 cm³/mol. The van der Waals surface area contributed by atoms with Crippen LogP contribution in [0.5, 0.6) is 0 Å². The summed E-state index contributed by atoms with van der Waals surface area (Å²) in [7, 11) is 0. The summed E-state index contributed by atoms with van der Waals surface area (Å²) in [6.45, 7) is 1.10. The number of hydrogen-bond donors (Lipinski definition) is 0. The number of aromatic nitrogens is 5. The summed E-state index contributed by atoms with van der Waals surface area (Å²) in [5, 5.41) is 8.58. The van der Waals surface area contributed by atoms with Crippen molar-refractivity contribution < 1.29 is 4.79 Å². The van der Waals surface area contributed by atoms with Crippen molar-refractivity contribution in [3.63, 3.8) is 0 Å². The molecule has 0 saturated carbocycles. The van der Waals surface area contributed by atoms with Crippen LogP contribution in [-0.4, -0.2) is 41.9 Å². The van der Waals surface area contributed by atoms with E-state index in [2.05, 4.69) is 21.4 Å². The highest BCUT2D eigenvalue weighted by Crippen LogP contribution is 2.29. The van der Waals surface area contributed by atoms with Crippen LogP contribution < -0.4 is 5.56 Å². The smallest absolute Gasteiger partial charge is 0.254 e. The Morgan fingerprint density at radius 3 is 2.48 bits per heavy atom. The van der Waals surface area contributed by atoms with E-state index in [0.29, 0.717) is 41.5 Å². The zero-order chi connectivity index (χ0) is 27.6. The van der Waals surface area contributed by atoms with Gasteiger partial charge in [0.25, 0.3) is 5.56 Å². The van der Waals surface area contributed by atoms with Gasteiger partial charge in [-0.1, -0.05) is 83.0 Å². The standard InChI is InChI=1S/C30H24Cl2N6O2/c31-23-10-11-26(38-18-28(32)34-35-38)24(15-23)25-16-29(39)37(19-33-25)27(14-20-6-2-1-3-7-20)30(40)36-13-12-21-8-4-5-9-22(21)17-36/h1-11,15-16,18-19,27H,12-14,17H2. The Morgan fingerprint density at radius 2 is 1.73 bits per heavy atom. The zero-order valence-electron chi connectivity index (χ0n) is 21.3. The van der Waals surface area contributed by atoms with Gasteiger partial charge in [0, 0.05) is 36.2 Å². The normalized spacial score (nSPS) is 13.6. The molecule has 1 unspecified atom stereocenters. The molecule has 8 nitrogen and oxygen atoms in total. The molecule has 1 amide bonds. The molecule has 1 aliphatic heterocycles. The third-order valence-electron chi connectivity index (χ3n) is 7.12. The van der Waals surface area contributed by atoms with Gasteiger partial charge in [-0.25, -0.2) is 9.67 Å². The molecule has 40 heavy (non-hydrogen) atoms. The summed E-state index contributed by atoms with van der Waals surface area (Å²) in [6, 6.07) is 23.7. The summed E-state index contributed by atoms with van der Waals surface area (Å²) >= 11 is 12.3. The molecule has 0 spiro atoms. The van der Waals surface area contributed by atoms with E-state index < -0.39 is 6.04 Å². The van der Waals surface area contributed by atoms with Crippen molar-refractivity contribution in [3.8, 4) is 16.9 Å². The van der Waals surface area contributed by atoms with Crippen LogP contribution in [0, 0.1) is 0 Å². The molecule has 0 N–H and O–H groups in total. The monoisotopic (exact) mass is 570 g/mol. The van der Waals surface area contributed by atoms with E-state index in [1.807, 2.05) is 53.4 Å². The maximum Gasteiger partial charge on any atom is 0.254 e. The molecule has 0 bridgehead atoms. The van der Waals surface area contributed by atoms with E-state index in [0.717, 1.165) is 17.5 Å². The molecule has 6 rings (SSSR count). The Bertz CT molecular complexity index is 1750. The number of benzene rings is 3. The maximum atomic E-state index is 14.0. The molecule has 2 aromatic heterocycles. The van der Waals surface area contributed by atoms with Gasteiger partial charge in [0.15, 0.2) is 5.15 Å². The van der Waals surface area contributed by atoms with Crippen molar-refractivity contribution in [2.45, 2.75) is 25.4 Å². The molecule has 0 aliphatic carbocycles. The number of nitrogens with zero attached hydrogens (tertiary/aromatic N) is 6. The van der Waals surface area contributed by atoms with Crippen molar-refractivity contribution in [1.82, 2.24) is 29.4 Å². The van der Waals surface area contributed by atoms with E-state index >= 15 is 0 Å². The zero-order valence-corrected chi connectivity index (χ0v) is 22.8. The summed E-state index contributed by atoms with van der Waals surface area (Å²) in [5.74, 6) is -0.115. The number of carbonyl (C=O) groups is 1. The Balaban J connectivity index is 1.37. The van der Waals surface area contributed by atoms with Crippen molar-refractivity contribution in [2.75, 3.05) is 6.54 Å². The number of fused-ring (bicyclic) bond motifs is 1. The first-order valence-electron chi connectivity index (χ1n) is 12.8. The third-order valence-corrected chi connectivity index (χ3v) is 7.53. The molecule has 1 aliphatic rings. The Kier molecular flexibility index (Phi) is 7.19. The molecule has 1 atom stereocenters. The SMILES string of the molecule is O=C(C(Cc1ccccc1)n1cnc(-c2cc(Cl)ccc2-n2cc(Cl)nn2)cc1=O)N1CCc2ccccc2C1. The Morgan fingerprint density at radius 1 is 0.950 bits per heavy atom. The number of carbonyl (C=O) groups excluding carboxylic acids is 1. The van der Waals surface area contributed by atoms with Gasteiger partial charge in [0.05, 0.1) is 23.9 Å². The molecule has 5 aromatic rings. The van der Waals surface area contributed by atoms with Gasteiger partial charge in [-0.05, 0) is 41.3 Å². The average molecular weight is 571 g/mol. The molecule has 0 radical (unpaired) electrons. The van der Waals surface area contributed by atoms with Crippen molar-refractivity contribution in [1.29, 1.82) is 0 Å². The van der Waals surface area contributed by atoms with Gasteiger partial charge >= 0.3 is 0 Å². The summed E-state index contributed by atoms with van der Waals surface area (Å²) in [5.41, 5.74) is 4.56. The van der Waals surface area contributed by atoms with E-state index in [1.165, 1.54) is 27.2 Å². The van der Waals surface area contributed by atoms with E-state index in [-0.39, 0.29) is 16.6 Å². The lowest BCUT2D eigenvalue weighted by Gasteiger charge is -2.32. The summed E-state index contributed by atoms with van der Waals surface area (Å²) in [6.07, 6.45) is 4.13. The predicted octanol–water partition coefficient (Wildman–Crippen LogP) is 5.17. The topological polar surface area (TPSA) is 85.9 Å². The molecule has 0 saturated heterocycles. The lowest BCUT2D eigenvalue weighted by atomic mass is 9.98. The number of rotatable bonds is 6. The van der Waals surface area contributed by atoms with Crippen LogP contribution in [-0.2, 0) is 24.2 Å². The molecule has 0 fully saturated rings. The van der Waals surface area contributed by atoms with Gasteiger partial charge in [0.1, 0.15) is 6.04 Å². The summed E-state index contributed by atoms with van der Waals surface area (Å²) in [4.78, 5) is 34.1. The lowest BCUT2D eigenvalue weighted by molar-refractivity contribution is -0.135.